The molecular weight excluding hydrogens is 176 g/mol. The first kappa shape index (κ1) is 11.0. The van der Waals surface area contributed by atoms with E-state index in [1.165, 1.54) is 0 Å². The minimum absolute atomic E-state index is 0.0143. The largest absolute Gasteiger partial charge is 0.494 e. The van der Waals surface area contributed by atoms with Crippen molar-refractivity contribution >= 4 is 0 Å². The summed E-state index contributed by atoms with van der Waals surface area (Å²) in [4.78, 5) is 0. The van der Waals surface area contributed by atoms with Gasteiger partial charge >= 0.3 is 0 Å². The SMILES string of the molecule is CCOc1cccc([C@H](N)CCN)c1. The van der Waals surface area contributed by atoms with E-state index in [-0.39, 0.29) is 6.04 Å². The summed E-state index contributed by atoms with van der Waals surface area (Å²) in [6.45, 7) is 3.25. The van der Waals surface area contributed by atoms with Gasteiger partial charge in [0, 0.05) is 6.04 Å². The average molecular weight is 194 g/mol. The number of ether oxygens (including phenoxy) is 1. The molecule has 1 aromatic rings. The number of hydrogen-bond acceptors (Lipinski definition) is 3. The van der Waals surface area contributed by atoms with Crippen LogP contribution in [0.4, 0.5) is 0 Å². The Labute approximate surface area is 85.0 Å². The van der Waals surface area contributed by atoms with E-state index in [1.807, 2.05) is 31.2 Å². The van der Waals surface area contributed by atoms with Gasteiger partial charge in [-0.15, -0.1) is 0 Å². The minimum Gasteiger partial charge on any atom is -0.494 e. The monoisotopic (exact) mass is 194 g/mol. The molecule has 0 heterocycles. The molecule has 1 atom stereocenters. The maximum absolute atomic E-state index is 5.94. The summed E-state index contributed by atoms with van der Waals surface area (Å²) in [5.41, 5.74) is 12.5. The molecular formula is C11H18N2O. The molecule has 3 heteroatoms. The lowest BCUT2D eigenvalue weighted by molar-refractivity contribution is 0.339. The van der Waals surface area contributed by atoms with Crippen molar-refractivity contribution in [2.75, 3.05) is 13.2 Å². The number of hydrogen-bond donors (Lipinski definition) is 2. The van der Waals surface area contributed by atoms with E-state index in [9.17, 15) is 0 Å². The zero-order valence-electron chi connectivity index (χ0n) is 8.57. The summed E-state index contributed by atoms with van der Waals surface area (Å²) in [5, 5.41) is 0. The number of rotatable bonds is 5. The molecule has 0 bridgehead atoms. The lowest BCUT2D eigenvalue weighted by atomic mass is 10.0. The van der Waals surface area contributed by atoms with Crippen molar-refractivity contribution in [3.63, 3.8) is 0 Å². The quantitative estimate of drug-likeness (QED) is 0.745. The number of nitrogens with two attached hydrogens (primary N) is 2. The molecule has 0 aliphatic carbocycles. The first-order chi connectivity index (χ1) is 6.77. The van der Waals surface area contributed by atoms with Gasteiger partial charge in [-0.25, -0.2) is 0 Å². The molecule has 1 aromatic carbocycles. The van der Waals surface area contributed by atoms with E-state index in [0.29, 0.717) is 13.2 Å². The average Bonchev–Trinajstić information content (AvgIpc) is 2.19. The highest BCUT2D eigenvalue weighted by Crippen LogP contribution is 2.19. The Morgan fingerprint density at radius 3 is 2.86 bits per heavy atom. The van der Waals surface area contributed by atoms with Gasteiger partial charge in [0.05, 0.1) is 6.61 Å². The Bertz CT molecular complexity index is 276. The Kier molecular flexibility index (Phi) is 4.43. The van der Waals surface area contributed by atoms with Gasteiger partial charge in [-0.2, -0.15) is 0 Å². The van der Waals surface area contributed by atoms with Crippen LogP contribution in [0.3, 0.4) is 0 Å². The van der Waals surface area contributed by atoms with Gasteiger partial charge in [-0.05, 0) is 37.6 Å². The van der Waals surface area contributed by atoms with Crippen LogP contribution in [0.1, 0.15) is 24.9 Å². The highest BCUT2D eigenvalue weighted by Gasteiger charge is 2.05. The van der Waals surface area contributed by atoms with Crippen molar-refractivity contribution in [2.24, 2.45) is 11.5 Å². The fourth-order valence-electron chi connectivity index (χ4n) is 1.35. The van der Waals surface area contributed by atoms with Gasteiger partial charge in [-0.1, -0.05) is 12.1 Å². The molecule has 3 nitrogen and oxygen atoms in total. The molecule has 78 valence electrons. The van der Waals surface area contributed by atoms with Gasteiger partial charge in [0.15, 0.2) is 0 Å². The van der Waals surface area contributed by atoms with Crippen LogP contribution in [0.5, 0.6) is 5.75 Å². The molecule has 0 spiro atoms. The molecule has 14 heavy (non-hydrogen) atoms. The Morgan fingerprint density at radius 2 is 2.21 bits per heavy atom. The third-order valence-electron chi connectivity index (χ3n) is 2.07. The van der Waals surface area contributed by atoms with Gasteiger partial charge in [-0.3, -0.25) is 0 Å². The second kappa shape index (κ2) is 5.62. The molecule has 0 aliphatic heterocycles. The van der Waals surface area contributed by atoms with Crippen LogP contribution in [0.25, 0.3) is 0 Å². The van der Waals surface area contributed by atoms with E-state index in [1.54, 1.807) is 0 Å². The first-order valence-electron chi connectivity index (χ1n) is 4.96. The molecule has 4 N–H and O–H groups in total. The van der Waals surface area contributed by atoms with Crippen LogP contribution < -0.4 is 16.2 Å². The summed E-state index contributed by atoms with van der Waals surface area (Å²) in [6.07, 6.45) is 0.801. The molecule has 0 saturated heterocycles. The van der Waals surface area contributed by atoms with Gasteiger partial charge < -0.3 is 16.2 Å². The minimum atomic E-state index is 0.0143. The van der Waals surface area contributed by atoms with Crippen molar-refractivity contribution in [1.29, 1.82) is 0 Å². The van der Waals surface area contributed by atoms with E-state index < -0.39 is 0 Å². The fraction of sp³-hybridized carbons (Fsp3) is 0.455. The fourth-order valence-corrected chi connectivity index (χ4v) is 1.35. The Balaban J connectivity index is 2.71. The van der Waals surface area contributed by atoms with E-state index in [4.69, 9.17) is 16.2 Å². The van der Waals surface area contributed by atoms with Crippen molar-refractivity contribution in [3.05, 3.63) is 29.8 Å². The summed E-state index contributed by atoms with van der Waals surface area (Å²) in [7, 11) is 0. The van der Waals surface area contributed by atoms with E-state index in [0.717, 1.165) is 17.7 Å². The predicted octanol–water partition coefficient (Wildman–Crippen LogP) is 1.43. The first-order valence-corrected chi connectivity index (χ1v) is 4.96. The maximum atomic E-state index is 5.94. The molecule has 0 saturated carbocycles. The molecule has 0 aromatic heterocycles. The van der Waals surface area contributed by atoms with Gasteiger partial charge in [0.25, 0.3) is 0 Å². The molecule has 0 amide bonds. The molecule has 0 fully saturated rings. The topological polar surface area (TPSA) is 61.3 Å². The predicted molar refractivity (Wildman–Crippen MR) is 58.2 cm³/mol. The second-order valence-corrected chi connectivity index (χ2v) is 3.19. The summed E-state index contributed by atoms with van der Waals surface area (Å²) in [6, 6.07) is 7.88. The van der Waals surface area contributed by atoms with E-state index >= 15 is 0 Å². The normalized spacial score (nSPS) is 12.5. The third-order valence-corrected chi connectivity index (χ3v) is 2.07. The van der Waals surface area contributed by atoms with Crippen LogP contribution in [0.2, 0.25) is 0 Å². The zero-order valence-corrected chi connectivity index (χ0v) is 8.57. The van der Waals surface area contributed by atoms with Crippen LogP contribution in [-0.2, 0) is 0 Å². The maximum Gasteiger partial charge on any atom is 0.119 e. The Hall–Kier alpha value is -1.06. The summed E-state index contributed by atoms with van der Waals surface area (Å²) >= 11 is 0. The van der Waals surface area contributed by atoms with Crippen LogP contribution in [0.15, 0.2) is 24.3 Å². The van der Waals surface area contributed by atoms with Crippen LogP contribution in [0, 0.1) is 0 Å². The van der Waals surface area contributed by atoms with Crippen molar-refractivity contribution in [1.82, 2.24) is 0 Å². The molecule has 0 aliphatic rings. The summed E-state index contributed by atoms with van der Waals surface area (Å²) < 4.78 is 5.39. The smallest absolute Gasteiger partial charge is 0.119 e. The molecule has 0 unspecified atom stereocenters. The van der Waals surface area contributed by atoms with E-state index in [2.05, 4.69) is 0 Å². The molecule has 0 radical (unpaired) electrons. The highest BCUT2D eigenvalue weighted by atomic mass is 16.5. The van der Waals surface area contributed by atoms with Gasteiger partial charge in [0.1, 0.15) is 5.75 Å². The summed E-state index contributed by atoms with van der Waals surface area (Å²) in [5.74, 6) is 0.873. The van der Waals surface area contributed by atoms with Crippen molar-refractivity contribution < 1.29 is 4.74 Å². The lowest BCUT2D eigenvalue weighted by Gasteiger charge is -2.12. The zero-order chi connectivity index (χ0) is 10.4. The van der Waals surface area contributed by atoms with Crippen molar-refractivity contribution in [3.8, 4) is 5.75 Å². The molecule has 1 rings (SSSR count). The van der Waals surface area contributed by atoms with Crippen molar-refractivity contribution in [2.45, 2.75) is 19.4 Å². The Morgan fingerprint density at radius 1 is 1.43 bits per heavy atom. The van der Waals surface area contributed by atoms with Crippen LogP contribution >= 0.6 is 0 Å². The third kappa shape index (κ3) is 3.01. The lowest BCUT2D eigenvalue weighted by Crippen LogP contribution is -2.15. The number of benzene rings is 1. The van der Waals surface area contributed by atoms with Gasteiger partial charge in [0.2, 0.25) is 0 Å². The standard InChI is InChI=1S/C11H18N2O/c1-2-14-10-5-3-4-9(8-10)11(13)6-7-12/h3-5,8,11H,2,6-7,12-13H2,1H3/t11-/m1/s1. The highest BCUT2D eigenvalue weighted by molar-refractivity contribution is 5.30. The van der Waals surface area contributed by atoms with Crippen LogP contribution in [-0.4, -0.2) is 13.2 Å². The second-order valence-electron chi connectivity index (χ2n) is 3.19.